The molecule has 0 aromatic rings. The number of fused-ring (bicyclic) bond motifs is 1. The maximum atomic E-state index is 11.0. The van der Waals surface area contributed by atoms with E-state index in [9.17, 15) is 8.42 Å². The van der Waals surface area contributed by atoms with Crippen LogP contribution < -0.4 is 0 Å². The Morgan fingerprint density at radius 1 is 1.18 bits per heavy atom. The van der Waals surface area contributed by atoms with Crippen LogP contribution in [0.15, 0.2) is 0 Å². The zero-order chi connectivity index (χ0) is 8.22. The summed E-state index contributed by atoms with van der Waals surface area (Å²) in [6, 6.07) is 0. The molecule has 1 heterocycles. The first-order chi connectivity index (χ1) is 5.01. The van der Waals surface area contributed by atoms with Gasteiger partial charge in [-0.2, -0.15) is 0 Å². The summed E-state index contributed by atoms with van der Waals surface area (Å²) < 4.78 is 22.1. The van der Waals surface area contributed by atoms with E-state index in [-0.39, 0.29) is 0 Å². The van der Waals surface area contributed by atoms with E-state index in [4.69, 9.17) is 0 Å². The Morgan fingerprint density at radius 2 is 1.64 bits per heavy atom. The van der Waals surface area contributed by atoms with Crippen LogP contribution in [0.3, 0.4) is 0 Å². The molecule has 0 N–H and O–H groups in total. The summed E-state index contributed by atoms with van der Waals surface area (Å²) in [5, 5.41) is 0. The topological polar surface area (TPSA) is 34.1 Å². The molecule has 0 amide bonds. The molecule has 3 heteroatoms. The molecule has 0 radical (unpaired) electrons. The molecule has 0 aromatic carbocycles. The van der Waals surface area contributed by atoms with Crippen molar-refractivity contribution in [3.8, 4) is 0 Å². The maximum absolute atomic E-state index is 11.0. The quantitative estimate of drug-likeness (QED) is 0.592. The molecule has 2 fully saturated rings. The van der Waals surface area contributed by atoms with Gasteiger partial charge in [-0.3, -0.25) is 0 Å². The van der Waals surface area contributed by atoms with Crippen molar-refractivity contribution >= 4 is 9.84 Å². The third-order valence-electron chi connectivity index (χ3n) is 3.06. The highest BCUT2D eigenvalue weighted by Crippen LogP contribution is 2.56. The first kappa shape index (κ1) is 7.59. The summed E-state index contributed by atoms with van der Waals surface area (Å²) in [4.78, 5) is 0. The molecule has 0 bridgehead atoms. The van der Waals surface area contributed by atoms with E-state index in [1.54, 1.807) is 0 Å². The van der Waals surface area contributed by atoms with Crippen LogP contribution in [0.1, 0.15) is 13.8 Å². The molecule has 11 heavy (non-hydrogen) atoms. The van der Waals surface area contributed by atoms with Crippen molar-refractivity contribution in [1.82, 2.24) is 0 Å². The normalized spacial score (nSPS) is 45.9. The van der Waals surface area contributed by atoms with Crippen molar-refractivity contribution in [2.75, 3.05) is 11.5 Å². The molecule has 1 saturated heterocycles. The second-order valence-electron chi connectivity index (χ2n) is 4.23. The summed E-state index contributed by atoms with van der Waals surface area (Å²) >= 11 is 0. The van der Waals surface area contributed by atoms with E-state index in [2.05, 4.69) is 13.8 Å². The maximum Gasteiger partial charge on any atom is 0.150 e. The van der Waals surface area contributed by atoms with Gasteiger partial charge in [0.1, 0.15) is 0 Å². The summed E-state index contributed by atoms with van der Waals surface area (Å²) in [5.41, 5.74) is 0. The molecule has 0 aromatic heterocycles. The Bertz CT molecular complexity index is 248. The standard InChI is InChI=1S/C8H14O2S/c1-5(2)8-6-3-11(9,10)4-7(6)8/h5-8H,3-4H2,1-2H3/t6-,7?,8-/m0/s1. The number of rotatable bonds is 1. The molecular weight excluding hydrogens is 160 g/mol. The van der Waals surface area contributed by atoms with Gasteiger partial charge >= 0.3 is 0 Å². The highest BCUT2D eigenvalue weighted by atomic mass is 32.2. The predicted molar refractivity (Wildman–Crippen MR) is 44.0 cm³/mol. The number of sulfone groups is 1. The molecule has 64 valence electrons. The molecule has 3 atom stereocenters. The summed E-state index contributed by atoms with van der Waals surface area (Å²) in [6.07, 6.45) is 0. The number of hydrogen-bond donors (Lipinski definition) is 0. The van der Waals surface area contributed by atoms with Gasteiger partial charge in [0.15, 0.2) is 9.84 Å². The van der Waals surface area contributed by atoms with Gasteiger partial charge in [0.25, 0.3) is 0 Å². The second-order valence-corrected chi connectivity index (χ2v) is 6.38. The van der Waals surface area contributed by atoms with Crippen LogP contribution in [-0.2, 0) is 9.84 Å². The van der Waals surface area contributed by atoms with Gasteiger partial charge in [0.2, 0.25) is 0 Å². The van der Waals surface area contributed by atoms with Gasteiger partial charge in [0, 0.05) is 0 Å². The molecule has 1 saturated carbocycles. The lowest BCUT2D eigenvalue weighted by Crippen LogP contribution is -2.12. The van der Waals surface area contributed by atoms with Gasteiger partial charge < -0.3 is 0 Å². The van der Waals surface area contributed by atoms with Gasteiger partial charge in [0.05, 0.1) is 11.5 Å². The lowest BCUT2D eigenvalue weighted by molar-refractivity contribution is 0.502. The molecule has 2 nitrogen and oxygen atoms in total. The Hall–Kier alpha value is -0.0500. The van der Waals surface area contributed by atoms with Crippen molar-refractivity contribution < 1.29 is 8.42 Å². The largest absolute Gasteiger partial charge is 0.229 e. The zero-order valence-corrected chi connectivity index (χ0v) is 7.76. The average molecular weight is 174 g/mol. The third-order valence-corrected chi connectivity index (χ3v) is 4.85. The minimum atomic E-state index is -2.61. The van der Waals surface area contributed by atoms with E-state index in [0.29, 0.717) is 29.3 Å². The Morgan fingerprint density at radius 3 is 2.00 bits per heavy atom. The van der Waals surface area contributed by atoms with Gasteiger partial charge in [-0.1, -0.05) is 13.8 Å². The van der Waals surface area contributed by atoms with E-state index in [1.165, 1.54) is 0 Å². The number of hydrogen-bond acceptors (Lipinski definition) is 2. The van der Waals surface area contributed by atoms with Crippen LogP contribution in [0.2, 0.25) is 0 Å². The van der Waals surface area contributed by atoms with Crippen molar-refractivity contribution in [1.29, 1.82) is 0 Å². The van der Waals surface area contributed by atoms with Gasteiger partial charge in [-0.25, -0.2) is 8.42 Å². The first-order valence-corrected chi connectivity index (χ1v) is 6.04. The van der Waals surface area contributed by atoms with E-state index in [0.717, 1.165) is 5.92 Å². The SMILES string of the molecule is CC(C)[C@@H]1C2CS(=O)(=O)C[C@@H]21. The molecular formula is C8H14O2S. The fourth-order valence-corrected chi connectivity index (χ4v) is 4.84. The molecule has 0 spiro atoms. The molecule has 1 aliphatic carbocycles. The molecule has 1 unspecified atom stereocenters. The zero-order valence-electron chi connectivity index (χ0n) is 6.95. The van der Waals surface area contributed by atoms with E-state index >= 15 is 0 Å². The van der Waals surface area contributed by atoms with Crippen LogP contribution in [-0.4, -0.2) is 19.9 Å². The molecule has 2 aliphatic rings. The van der Waals surface area contributed by atoms with Crippen LogP contribution in [0.25, 0.3) is 0 Å². The van der Waals surface area contributed by atoms with Gasteiger partial charge in [-0.15, -0.1) is 0 Å². The van der Waals surface area contributed by atoms with Crippen LogP contribution >= 0.6 is 0 Å². The summed E-state index contributed by atoms with van der Waals surface area (Å²) in [5.74, 6) is 3.40. The minimum Gasteiger partial charge on any atom is -0.229 e. The Kier molecular flexibility index (Phi) is 1.38. The smallest absolute Gasteiger partial charge is 0.150 e. The van der Waals surface area contributed by atoms with E-state index in [1.807, 2.05) is 0 Å². The van der Waals surface area contributed by atoms with Crippen molar-refractivity contribution in [2.24, 2.45) is 23.7 Å². The Balaban J connectivity index is 2.06. The highest BCUT2D eigenvalue weighted by Gasteiger charge is 2.59. The lowest BCUT2D eigenvalue weighted by Gasteiger charge is -2.06. The highest BCUT2D eigenvalue weighted by molar-refractivity contribution is 7.91. The second kappa shape index (κ2) is 2.00. The van der Waals surface area contributed by atoms with E-state index < -0.39 is 9.84 Å². The average Bonchev–Trinajstić information content (AvgIpc) is 2.31. The van der Waals surface area contributed by atoms with Crippen LogP contribution in [0, 0.1) is 23.7 Å². The van der Waals surface area contributed by atoms with Gasteiger partial charge in [-0.05, 0) is 23.7 Å². The summed E-state index contributed by atoms with van der Waals surface area (Å²) in [6.45, 7) is 4.38. The van der Waals surface area contributed by atoms with Crippen molar-refractivity contribution in [3.05, 3.63) is 0 Å². The monoisotopic (exact) mass is 174 g/mol. The fraction of sp³-hybridized carbons (Fsp3) is 1.00. The van der Waals surface area contributed by atoms with Crippen LogP contribution in [0.5, 0.6) is 0 Å². The minimum absolute atomic E-state index is 0.473. The lowest BCUT2D eigenvalue weighted by atomic mass is 10.1. The first-order valence-electron chi connectivity index (χ1n) is 4.22. The predicted octanol–water partition coefficient (Wildman–Crippen LogP) is 0.933. The molecule has 1 aliphatic heterocycles. The summed E-state index contributed by atoms with van der Waals surface area (Å²) in [7, 11) is -2.61. The Labute approximate surface area is 67.9 Å². The van der Waals surface area contributed by atoms with Crippen molar-refractivity contribution in [3.63, 3.8) is 0 Å². The third kappa shape index (κ3) is 1.10. The fourth-order valence-electron chi connectivity index (χ4n) is 2.59. The van der Waals surface area contributed by atoms with Crippen LogP contribution in [0.4, 0.5) is 0 Å². The molecule has 2 rings (SSSR count). The van der Waals surface area contributed by atoms with Crippen molar-refractivity contribution in [2.45, 2.75) is 13.8 Å².